The van der Waals surface area contributed by atoms with Crippen molar-refractivity contribution in [2.75, 3.05) is 13.2 Å². The van der Waals surface area contributed by atoms with E-state index in [0.717, 1.165) is 10.0 Å². The monoisotopic (exact) mass is 353 g/mol. The van der Waals surface area contributed by atoms with Crippen LogP contribution in [0.15, 0.2) is 53.0 Å². The Morgan fingerprint density at radius 1 is 1.19 bits per heavy atom. The molecular formula is C16H17BrFNO2. The summed E-state index contributed by atoms with van der Waals surface area (Å²) in [6.45, 7) is 1.20. The molecule has 0 aliphatic carbocycles. The number of aliphatic hydroxyl groups is 1. The van der Waals surface area contributed by atoms with E-state index in [-0.39, 0.29) is 12.4 Å². The van der Waals surface area contributed by atoms with Crippen molar-refractivity contribution in [1.29, 1.82) is 0 Å². The van der Waals surface area contributed by atoms with Crippen LogP contribution in [0.2, 0.25) is 0 Å². The number of halogens is 2. The number of hydrogen-bond donors (Lipinski definition) is 2. The molecule has 0 fully saturated rings. The molecule has 0 aliphatic rings. The first-order valence-electron chi connectivity index (χ1n) is 6.65. The molecule has 0 heterocycles. The summed E-state index contributed by atoms with van der Waals surface area (Å²) in [5.74, 6) is 0.461. The van der Waals surface area contributed by atoms with Crippen LogP contribution in [-0.4, -0.2) is 24.4 Å². The first-order chi connectivity index (χ1) is 10.1. The zero-order valence-electron chi connectivity index (χ0n) is 11.4. The summed E-state index contributed by atoms with van der Waals surface area (Å²) in [5.41, 5.74) is 0.969. The fourth-order valence-corrected chi connectivity index (χ4v) is 2.17. The lowest BCUT2D eigenvalue weighted by atomic mass is 10.2. The Labute approximate surface area is 131 Å². The minimum absolute atomic E-state index is 0.215. The fourth-order valence-electron chi connectivity index (χ4n) is 1.79. The van der Waals surface area contributed by atoms with Gasteiger partial charge in [0, 0.05) is 17.6 Å². The predicted octanol–water partition coefficient (Wildman–Crippen LogP) is 3.12. The number of benzene rings is 2. The van der Waals surface area contributed by atoms with Crippen LogP contribution in [0.4, 0.5) is 4.39 Å². The molecule has 21 heavy (non-hydrogen) atoms. The van der Waals surface area contributed by atoms with Crippen molar-refractivity contribution in [3.05, 3.63) is 64.4 Å². The lowest BCUT2D eigenvalue weighted by molar-refractivity contribution is 0.106. The van der Waals surface area contributed by atoms with E-state index in [2.05, 4.69) is 21.2 Å². The molecule has 2 N–H and O–H groups in total. The zero-order chi connectivity index (χ0) is 15.1. The molecule has 0 spiro atoms. The Kier molecular flexibility index (Phi) is 6.17. The molecule has 3 nitrogen and oxygen atoms in total. The fraction of sp³-hybridized carbons (Fsp3) is 0.250. The Balaban J connectivity index is 1.67. The van der Waals surface area contributed by atoms with E-state index >= 15 is 0 Å². The Morgan fingerprint density at radius 2 is 1.95 bits per heavy atom. The van der Waals surface area contributed by atoms with Gasteiger partial charge in [0.15, 0.2) is 0 Å². The summed E-state index contributed by atoms with van der Waals surface area (Å²) >= 11 is 3.36. The largest absolute Gasteiger partial charge is 0.491 e. The number of aliphatic hydroxyl groups excluding tert-OH is 1. The Hall–Kier alpha value is -1.43. The highest BCUT2D eigenvalue weighted by atomic mass is 79.9. The topological polar surface area (TPSA) is 41.5 Å². The highest BCUT2D eigenvalue weighted by molar-refractivity contribution is 9.10. The third-order valence-corrected chi connectivity index (χ3v) is 3.35. The second-order valence-electron chi connectivity index (χ2n) is 4.68. The maximum Gasteiger partial charge on any atom is 0.123 e. The molecule has 0 saturated carbocycles. The second kappa shape index (κ2) is 8.12. The number of hydrogen-bond acceptors (Lipinski definition) is 3. The van der Waals surface area contributed by atoms with E-state index in [1.807, 2.05) is 24.3 Å². The average Bonchev–Trinajstić information content (AvgIpc) is 2.47. The summed E-state index contributed by atoms with van der Waals surface area (Å²) < 4.78 is 19.2. The number of nitrogens with one attached hydrogen (secondary N) is 1. The molecule has 0 aromatic heterocycles. The van der Waals surface area contributed by atoms with Gasteiger partial charge >= 0.3 is 0 Å². The van der Waals surface area contributed by atoms with Gasteiger partial charge in [-0.15, -0.1) is 0 Å². The summed E-state index contributed by atoms with van der Waals surface area (Å²) in [5, 5.41) is 12.9. The maximum absolute atomic E-state index is 12.7. The smallest absolute Gasteiger partial charge is 0.123 e. The second-order valence-corrected chi connectivity index (χ2v) is 5.60. The zero-order valence-corrected chi connectivity index (χ0v) is 13.0. The van der Waals surface area contributed by atoms with Crippen LogP contribution in [0.1, 0.15) is 5.56 Å². The molecule has 2 aromatic carbocycles. The van der Waals surface area contributed by atoms with E-state index in [9.17, 15) is 9.50 Å². The summed E-state index contributed by atoms with van der Waals surface area (Å²) in [6.07, 6.45) is -0.607. The SMILES string of the molecule is OC(CNCc1ccc(F)cc1)COc1cccc(Br)c1. The van der Waals surface area contributed by atoms with Crippen LogP contribution in [0, 0.1) is 5.82 Å². The summed E-state index contributed by atoms with van der Waals surface area (Å²) in [6, 6.07) is 13.7. The lowest BCUT2D eigenvalue weighted by Gasteiger charge is -2.13. The van der Waals surface area contributed by atoms with Gasteiger partial charge in [0.05, 0.1) is 0 Å². The molecular weight excluding hydrogens is 337 g/mol. The minimum atomic E-state index is -0.607. The molecule has 0 amide bonds. The van der Waals surface area contributed by atoms with Crippen LogP contribution in [0.25, 0.3) is 0 Å². The van der Waals surface area contributed by atoms with Crippen LogP contribution < -0.4 is 10.1 Å². The quantitative estimate of drug-likeness (QED) is 0.803. The maximum atomic E-state index is 12.7. The van der Waals surface area contributed by atoms with E-state index in [1.165, 1.54) is 12.1 Å². The minimum Gasteiger partial charge on any atom is -0.491 e. The number of rotatable bonds is 7. The first kappa shape index (κ1) is 15.9. The molecule has 2 aromatic rings. The normalized spacial score (nSPS) is 12.1. The Morgan fingerprint density at radius 3 is 2.67 bits per heavy atom. The lowest BCUT2D eigenvalue weighted by Crippen LogP contribution is -2.31. The molecule has 0 saturated heterocycles. The van der Waals surface area contributed by atoms with Crippen molar-refractivity contribution in [3.8, 4) is 5.75 Å². The Bertz CT molecular complexity index is 562. The molecule has 2 rings (SSSR count). The standard InChI is InChI=1S/C16H17BrFNO2/c17-13-2-1-3-16(8-13)21-11-15(20)10-19-9-12-4-6-14(18)7-5-12/h1-8,15,19-20H,9-11H2. The van der Waals surface area contributed by atoms with E-state index < -0.39 is 6.10 Å². The van der Waals surface area contributed by atoms with Gasteiger partial charge in [-0.1, -0.05) is 34.1 Å². The molecule has 0 radical (unpaired) electrons. The van der Waals surface area contributed by atoms with Gasteiger partial charge in [0.2, 0.25) is 0 Å². The van der Waals surface area contributed by atoms with Crippen LogP contribution in [0.3, 0.4) is 0 Å². The van der Waals surface area contributed by atoms with Crippen molar-refractivity contribution in [3.63, 3.8) is 0 Å². The van der Waals surface area contributed by atoms with Crippen molar-refractivity contribution in [2.24, 2.45) is 0 Å². The van der Waals surface area contributed by atoms with Gasteiger partial charge < -0.3 is 15.2 Å². The first-order valence-corrected chi connectivity index (χ1v) is 7.44. The highest BCUT2D eigenvalue weighted by Crippen LogP contribution is 2.17. The van der Waals surface area contributed by atoms with Gasteiger partial charge in [0.25, 0.3) is 0 Å². The van der Waals surface area contributed by atoms with Gasteiger partial charge in [-0.3, -0.25) is 0 Å². The van der Waals surface area contributed by atoms with Crippen LogP contribution in [-0.2, 0) is 6.54 Å². The van der Waals surface area contributed by atoms with E-state index in [4.69, 9.17) is 4.74 Å². The van der Waals surface area contributed by atoms with Crippen molar-refractivity contribution in [2.45, 2.75) is 12.6 Å². The third kappa shape index (κ3) is 5.83. The molecule has 0 bridgehead atoms. The average molecular weight is 354 g/mol. The summed E-state index contributed by atoms with van der Waals surface area (Å²) in [4.78, 5) is 0. The van der Waals surface area contributed by atoms with Gasteiger partial charge in [0.1, 0.15) is 24.3 Å². The molecule has 1 atom stereocenters. The molecule has 1 unspecified atom stereocenters. The van der Waals surface area contributed by atoms with Crippen molar-refractivity contribution < 1.29 is 14.2 Å². The number of ether oxygens (including phenoxy) is 1. The van der Waals surface area contributed by atoms with Gasteiger partial charge in [-0.25, -0.2) is 4.39 Å². The van der Waals surface area contributed by atoms with Crippen molar-refractivity contribution in [1.82, 2.24) is 5.32 Å². The van der Waals surface area contributed by atoms with Crippen LogP contribution in [0.5, 0.6) is 5.75 Å². The van der Waals surface area contributed by atoms with Gasteiger partial charge in [-0.2, -0.15) is 0 Å². The van der Waals surface area contributed by atoms with Crippen LogP contribution >= 0.6 is 15.9 Å². The molecule has 0 aliphatic heterocycles. The predicted molar refractivity (Wildman–Crippen MR) is 83.8 cm³/mol. The molecule has 112 valence electrons. The van der Waals surface area contributed by atoms with Gasteiger partial charge in [-0.05, 0) is 35.9 Å². The van der Waals surface area contributed by atoms with E-state index in [0.29, 0.717) is 18.8 Å². The molecule has 5 heteroatoms. The van der Waals surface area contributed by atoms with Crippen molar-refractivity contribution >= 4 is 15.9 Å². The van der Waals surface area contributed by atoms with E-state index in [1.54, 1.807) is 12.1 Å². The third-order valence-electron chi connectivity index (χ3n) is 2.86. The summed E-state index contributed by atoms with van der Waals surface area (Å²) in [7, 11) is 0. The highest BCUT2D eigenvalue weighted by Gasteiger charge is 2.05.